The summed E-state index contributed by atoms with van der Waals surface area (Å²) in [6, 6.07) is 8.38. The molecule has 2 rings (SSSR count). The number of rotatable bonds is 4. The largest absolute Gasteiger partial charge is 0.376 e. The van der Waals surface area contributed by atoms with E-state index >= 15 is 0 Å². The van der Waals surface area contributed by atoms with E-state index in [9.17, 15) is 0 Å². The molecule has 94 valence electrons. The van der Waals surface area contributed by atoms with Gasteiger partial charge in [-0.2, -0.15) is 0 Å². The van der Waals surface area contributed by atoms with Crippen molar-refractivity contribution in [2.45, 2.75) is 31.9 Å². The standard InChI is InChI=1S/C14H20ClNO/c1-10-7-8-17-14(10)13(16-2)9-11-5-3-4-6-12(11)15/h3-6,10,13-14,16H,7-9H2,1-2H3. The fraction of sp³-hybridized carbons (Fsp3) is 0.571. The Morgan fingerprint density at radius 1 is 1.47 bits per heavy atom. The van der Waals surface area contributed by atoms with Gasteiger partial charge in [0.2, 0.25) is 0 Å². The fourth-order valence-electron chi connectivity index (χ4n) is 2.51. The zero-order chi connectivity index (χ0) is 12.3. The van der Waals surface area contributed by atoms with E-state index in [1.165, 1.54) is 5.56 Å². The van der Waals surface area contributed by atoms with E-state index in [1.807, 2.05) is 25.2 Å². The maximum absolute atomic E-state index is 6.20. The highest BCUT2D eigenvalue weighted by Crippen LogP contribution is 2.26. The molecule has 1 aromatic carbocycles. The second-order valence-corrected chi connectivity index (χ2v) is 5.20. The molecule has 1 fully saturated rings. The second kappa shape index (κ2) is 5.85. The van der Waals surface area contributed by atoms with Crippen molar-refractivity contribution in [2.75, 3.05) is 13.7 Å². The minimum Gasteiger partial charge on any atom is -0.376 e. The Morgan fingerprint density at radius 3 is 2.82 bits per heavy atom. The maximum atomic E-state index is 6.20. The molecule has 1 N–H and O–H groups in total. The Kier molecular flexibility index (Phi) is 4.43. The average molecular weight is 254 g/mol. The molecular formula is C14H20ClNO. The van der Waals surface area contributed by atoms with Crippen molar-refractivity contribution in [3.05, 3.63) is 34.9 Å². The van der Waals surface area contributed by atoms with Crippen LogP contribution in [0, 0.1) is 5.92 Å². The lowest BCUT2D eigenvalue weighted by atomic mass is 9.93. The predicted molar refractivity (Wildman–Crippen MR) is 71.5 cm³/mol. The maximum Gasteiger partial charge on any atom is 0.0757 e. The zero-order valence-corrected chi connectivity index (χ0v) is 11.2. The van der Waals surface area contributed by atoms with Crippen LogP contribution in [-0.4, -0.2) is 25.8 Å². The Balaban J connectivity index is 2.07. The molecule has 1 saturated heterocycles. The van der Waals surface area contributed by atoms with Crippen molar-refractivity contribution in [1.82, 2.24) is 5.32 Å². The molecule has 3 heteroatoms. The van der Waals surface area contributed by atoms with Crippen molar-refractivity contribution < 1.29 is 4.74 Å². The van der Waals surface area contributed by atoms with Crippen LogP contribution in [0.1, 0.15) is 18.9 Å². The lowest BCUT2D eigenvalue weighted by Gasteiger charge is -2.26. The van der Waals surface area contributed by atoms with Crippen molar-refractivity contribution in [2.24, 2.45) is 5.92 Å². The first kappa shape index (κ1) is 12.9. The van der Waals surface area contributed by atoms with Gasteiger partial charge in [0, 0.05) is 17.7 Å². The summed E-state index contributed by atoms with van der Waals surface area (Å²) in [6.07, 6.45) is 2.38. The van der Waals surface area contributed by atoms with Gasteiger partial charge in [0.15, 0.2) is 0 Å². The number of hydrogen-bond donors (Lipinski definition) is 1. The van der Waals surface area contributed by atoms with Crippen LogP contribution in [0.15, 0.2) is 24.3 Å². The number of benzene rings is 1. The highest BCUT2D eigenvalue weighted by molar-refractivity contribution is 6.31. The number of likely N-dealkylation sites (N-methyl/N-ethyl adjacent to an activating group) is 1. The predicted octanol–water partition coefficient (Wildman–Crippen LogP) is 2.90. The molecule has 0 spiro atoms. The Morgan fingerprint density at radius 2 is 2.24 bits per heavy atom. The van der Waals surface area contributed by atoms with Gasteiger partial charge >= 0.3 is 0 Å². The highest BCUT2D eigenvalue weighted by atomic mass is 35.5. The van der Waals surface area contributed by atoms with Crippen LogP contribution in [0.4, 0.5) is 0 Å². The van der Waals surface area contributed by atoms with Gasteiger partial charge in [-0.25, -0.2) is 0 Å². The molecule has 0 aliphatic carbocycles. The third-order valence-corrected chi connectivity index (χ3v) is 3.98. The average Bonchev–Trinajstić information content (AvgIpc) is 2.75. The fourth-order valence-corrected chi connectivity index (χ4v) is 2.73. The molecule has 1 aliphatic rings. The van der Waals surface area contributed by atoms with E-state index in [2.05, 4.69) is 18.3 Å². The molecule has 1 aliphatic heterocycles. The third kappa shape index (κ3) is 3.01. The van der Waals surface area contributed by atoms with Gasteiger partial charge in [-0.1, -0.05) is 36.7 Å². The normalized spacial score (nSPS) is 26.1. The zero-order valence-electron chi connectivity index (χ0n) is 10.4. The minimum absolute atomic E-state index is 0.302. The Hall–Kier alpha value is -0.570. The summed E-state index contributed by atoms with van der Waals surface area (Å²) in [5.74, 6) is 0.620. The van der Waals surface area contributed by atoms with E-state index in [4.69, 9.17) is 16.3 Å². The summed E-state index contributed by atoms with van der Waals surface area (Å²) in [7, 11) is 2.00. The molecule has 0 saturated carbocycles. The van der Waals surface area contributed by atoms with Gasteiger partial charge in [0.25, 0.3) is 0 Å². The van der Waals surface area contributed by atoms with Gasteiger partial charge in [-0.05, 0) is 37.4 Å². The first-order valence-corrected chi connectivity index (χ1v) is 6.62. The molecule has 1 heterocycles. The van der Waals surface area contributed by atoms with Crippen LogP contribution < -0.4 is 5.32 Å². The molecule has 0 aromatic heterocycles. The van der Waals surface area contributed by atoms with Crippen molar-refractivity contribution >= 4 is 11.6 Å². The quantitative estimate of drug-likeness (QED) is 0.891. The summed E-state index contributed by atoms with van der Waals surface area (Å²) in [4.78, 5) is 0. The molecule has 2 nitrogen and oxygen atoms in total. The van der Waals surface area contributed by atoms with Gasteiger partial charge in [-0.15, -0.1) is 0 Å². The third-order valence-electron chi connectivity index (χ3n) is 3.61. The molecule has 17 heavy (non-hydrogen) atoms. The summed E-state index contributed by atoms with van der Waals surface area (Å²) in [6.45, 7) is 3.14. The molecule has 0 radical (unpaired) electrons. The van der Waals surface area contributed by atoms with Gasteiger partial charge in [-0.3, -0.25) is 0 Å². The van der Waals surface area contributed by atoms with Crippen molar-refractivity contribution in [1.29, 1.82) is 0 Å². The minimum atomic E-state index is 0.302. The summed E-state index contributed by atoms with van der Waals surface area (Å²) in [5.41, 5.74) is 1.19. The lowest BCUT2D eigenvalue weighted by molar-refractivity contribution is 0.0634. The van der Waals surface area contributed by atoms with Crippen LogP contribution in [-0.2, 0) is 11.2 Å². The van der Waals surface area contributed by atoms with E-state index in [-0.39, 0.29) is 0 Å². The van der Waals surface area contributed by atoms with Crippen LogP contribution in [0.5, 0.6) is 0 Å². The summed E-state index contributed by atoms with van der Waals surface area (Å²) < 4.78 is 5.82. The van der Waals surface area contributed by atoms with Gasteiger partial charge < -0.3 is 10.1 Å². The van der Waals surface area contributed by atoms with Crippen LogP contribution >= 0.6 is 11.6 Å². The van der Waals surface area contributed by atoms with E-state index in [0.29, 0.717) is 18.1 Å². The monoisotopic (exact) mass is 253 g/mol. The number of ether oxygens (including phenoxy) is 1. The first-order valence-electron chi connectivity index (χ1n) is 6.24. The van der Waals surface area contributed by atoms with E-state index in [1.54, 1.807) is 0 Å². The van der Waals surface area contributed by atoms with Crippen molar-refractivity contribution in [3.8, 4) is 0 Å². The number of halogens is 1. The molecule has 0 bridgehead atoms. The number of nitrogens with one attached hydrogen (secondary N) is 1. The molecule has 3 atom stereocenters. The van der Waals surface area contributed by atoms with E-state index < -0.39 is 0 Å². The second-order valence-electron chi connectivity index (χ2n) is 4.79. The smallest absolute Gasteiger partial charge is 0.0757 e. The first-order chi connectivity index (χ1) is 8.22. The Bertz CT molecular complexity index is 369. The molecule has 1 aromatic rings. The SMILES string of the molecule is CNC(Cc1ccccc1Cl)C1OCCC1C. The van der Waals surface area contributed by atoms with Gasteiger partial charge in [0.1, 0.15) is 0 Å². The lowest BCUT2D eigenvalue weighted by Crippen LogP contribution is -2.41. The Labute approximate surface area is 108 Å². The van der Waals surface area contributed by atoms with Crippen molar-refractivity contribution in [3.63, 3.8) is 0 Å². The molecule has 0 amide bonds. The molecular weight excluding hydrogens is 234 g/mol. The summed E-state index contributed by atoms with van der Waals surface area (Å²) >= 11 is 6.20. The summed E-state index contributed by atoms with van der Waals surface area (Å²) in [5, 5.41) is 4.21. The number of hydrogen-bond acceptors (Lipinski definition) is 2. The van der Waals surface area contributed by atoms with Gasteiger partial charge in [0.05, 0.1) is 6.10 Å². The topological polar surface area (TPSA) is 21.3 Å². The van der Waals surface area contributed by atoms with Crippen LogP contribution in [0.25, 0.3) is 0 Å². The highest BCUT2D eigenvalue weighted by Gasteiger charge is 2.31. The van der Waals surface area contributed by atoms with Crippen LogP contribution in [0.2, 0.25) is 5.02 Å². The van der Waals surface area contributed by atoms with E-state index in [0.717, 1.165) is 24.5 Å². The molecule has 3 unspecified atom stereocenters. The van der Waals surface area contributed by atoms with Crippen LogP contribution in [0.3, 0.4) is 0 Å².